The number of rotatable bonds is 5. The molecule has 144 valence electrons. The lowest BCUT2D eigenvalue weighted by Gasteiger charge is -2.39. The molecule has 0 saturated carbocycles. The van der Waals surface area contributed by atoms with E-state index in [1.165, 1.54) is 6.92 Å². The van der Waals surface area contributed by atoms with E-state index < -0.39 is 12.1 Å². The minimum Gasteiger partial charge on any atom is -0.465 e. The van der Waals surface area contributed by atoms with Gasteiger partial charge in [0.05, 0.1) is 12.2 Å². The lowest BCUT2D eigenvalue weighted by Crippen LogP contribution is -2.45. The van der Waals surface area contributed by atoms with Crippen LogP contribution in [0, 0.1) is 0 Å². The molecular formula is C18H24N6O3. The number of nitrogens with zero attached hydrogens (tertiary/aromatic N) is 4. The third kappa shape index (κ3) is 3.92. The largest absolute Gasteiger partial charge is 0.465 e. The van der Waals surface area contributed by atoms with Gasteiger partial charge in [-0.15, -0.1) is 5.10 Å². The zero-order chi connectivity index (χ0) is 19.6. The molecule has 1 aromatic carbocycles. The molecule has 2 heterocycles. The van der Waals surface area contributed by atoms with Crippen molar-refractivity contribution in [2.45, 2.75) is 45.3 Å². The van der Waals surface area contributed by atoms with Crippen molar-refractivity contribution in [2.75, 3.05) is 11.4 Å². The van der Waals surface area contributed by atoms with Gasteiger partial charge in [-0.2, -0.15) is 0 Å². The van der Waals surface area contributed by atoms with Gasteiger partial charge >= 0.3 is 6.09 Å². The van der Waals surface area contributed by atoms with Crippen LogP contribution < -0.4 is 16.0 Å². The maximum absolute atomic E-state index is 12.1. The molecule has 1 aliphatic rings. The van der Waals surface area contributed by atoms with E-state index in [0.29, 0.717) is 25.2 Å². The summed E-state index contributed by atoms with van der Waals surface area (Å²) in [5.41, 5.74) is 8.52. The van der Waals surface area contributed by atoms with Gasteiger partial charge in [0, 0.05) is 30.8 Å². The summed E-state index contributed by atoms with van der Waals surface area (Å²) in [6, 6.07) is 5.11. The molecule has 0 saturated heterocycles. The highest BCUT2D eigenvalue weighted by Gasteiger charge is 2.33. The summed E-state index contributed by atoms with van der Waals surface area (Å²) in [6.45, 7) is 4.70. The first kappa shape index (κ1) is 18.8. The Morgan fingerprint density at radius 3 is 2.85 bits per heavy atom. The van der Waals surface area contributed by atoms with Gasteiger partial charge in [-0.05, 0) is 44.0 Å². The molecule has 0 bridgehead atoms. The van der Waals surface area contributed by atoms with Gasteiger partial charge < -0.3 is 21.1 Å². The van der Waals surface area contributed by atoms with E-state index in [1.54, 1.807) is 9.58 Å². The standard InChI is InChI=1S/C18H24N6O3/c1-11-8-15(20-18(26)27)14-9-13(4-5-17(14)24(11)12(2)25)16-10-23(22-21-16)7-3-6-19/h4-5,9-11,15,20H,3,6-8,19H2,1-2H3,(H,26,27)/t11-,15+/m0/s1. The van der Waals surface area contributed by atoms with Crippen LogP contribution in [0.5, 0.6) is 0 Å². The van der Waals surface area contributed by atoms with Gasteiger partial charge in [0.25, 0.3) is 0 Å². The number of benzene rings is 1. The molecule has 1 aliphatic heterocycles. The molecule has 4 N–H and O–H groups in total. The number of hydrogen-bond donors (Lipinski definition) is 3. The fraction of sp³-hybridized carbons (Fsp3) is 0.444. The molecule has 0 spiro atoms. The normalized spacial score (nSPS) is 18.9. The average molecular weight is 372 g/mol. The van der Waals surface area contributed by atoms with Crippen LogP contribution in [0.15, 0.2) is 24.4 Å². The first-order chi connectivity index (χ1) is 12.9. The highest BCUT2D eigenvalue weighted by Crippen LogP contribution is 2.39. The zero-order valence-electron chi connectivity index (χ0n) is 15.4. The van der Waals surface area contributed by atoms with E-state index in [2.05, 4.69) is 15.6 Å². The number of carbonyl (C=O) groups is 2. The number of nitrogens with one attached hydrogen (secondary N) is 1. The molecule has 1 aromatic heterocycles. The van der Waals surface area contributed by atoms with Gasteiger partial charge in [-0.25, -0.2) is 4.79 Å². The Bertz CT molecular complexity index is 849. The van der Waals surface area contributed by atoms with Gasteiger partial charge in [0.2, 0.25) is 5.91 Å². The molecule has 9 heteroatoms. The van der Waals surface area contributed by atoms with E-state index in [1.807, 2.05) is 31.3 Å². The third-order valence-electron chi connectivity index (χ3n) is 4.74. The predicted molar refractivity (Wildman–Crippen MR) is 100 cm³/mol. The first-order valence-electron chi connectivity index (χ1n) is 8.94. The number of aryl methyl sites for hydroxylation is 1. The first-order valence-corrected chi connectivity index (χ1v) is 8.94. The van der Waals surface area contributed by atoms with Crippen molar-refractivity contribution < 1.29 is 14.7 Å². The second-order valence-corrected chi connectivity index (χ2v) is 6.76. The molecule has 2 aromatic rings. The van der Waals surface area contributed by atoms with Crippen LogP contribution in [0.25, 0.3) is 11.3 Å². The monoisotopic (exact) mass is 372 g/mol. The molecule has 0 radical (unpaired) electrons. The average Bonchev–Trinajstić information content (AvgIpc) is 3.07. The predicted octanol–water partition coefficient (Wildman–Crippen LogP) is 1.75. The fourth-order valence-electron chi connectivity index (χ4n) is 3.58. The van der Waals surface area contributed by atoms with Crippen molar-refractivity contribution in [1.29, 1.82) is 0 Å². The van der Waals surface area contributed by atoms with E-state index in [0.717, 1.165) is 23.2 Å². The van der Waals surface area contributed by atoms with Crippen molar-refractivity contribution in [3.63, 3.8) is 0 Å². The number of nitrogens with two attached hydrogens (primary N) is 1. The Hall–Kier alpha value is -2.94. The summed E-state index contributed by atoms with van der Waals surface area (Å²) in [5.74, 6) is -0.0713. The fourth-order valence-corrected chi connectivity index (χ4v) is 3.58. The molecule has 0 unspecified atom stereocenters. The molecule has 9 nitrogen and oxygen atoms in total. The summed E-state index contributed by atoms with van der Waals surface area (Å²) in [7, 11) is 0. The highest BCUT2D eigenvalue weighted by atomic mass is 16.4. The lowest BCUT2D eigenvalue weighted by molar-refractivity contribution is -0.117. The Labute approximate surface area is 157 Å². The van der Waals surface area contributed by atoms with Crippen LogP contribution in [-0.4, -0.2) is 44.7 Å². The zero-order valence-corrected chi connectivity index (χ0v) is 15.4. The summed E-state index contributed by atoms with van der Waals surface area (Å²) in [6.07, 6.45) is 2.06. The number of carboxylic acid groups (broad SMARTS) is 1. The minimum absolute atomic E-state index is 0.0713. The third-order valence-corrected chi connectivity index (χ3v) is 4.74. The van der Waals surface area contributed by atoms with Crippen molar-refractivity contribution >= 4 is 17.7 Å². The lowest BCUT2D eigenvalue weighted by atomic mass is 9.90. The molecule has 3 rings (SSSR count). The minimum atomic E-state index is -1.09. The summed E-state index contributed by atoms with van der Waals surface area (Å²) in [4.78, 5) is 25.0. The molecular weight excluding hydrogens is 348 g/mol. The number of carbonyl (C=O) groups excluding carboxylic acids is 1. The Morgan fingerprint density at radius 2 is 2.19 bits per heavy atom. The van der Waals surface area contributed by atoms with Crippen molar-refractivity contribution in [1.82, 2.24) is 20.3 Å². The Balaban J connectivity index is 1.99. The van der Waals surface area contributed by atoms with Crippen LogP contribution >= 0.6 is 0 Å². The van der Waals surface area contributed by atoms with Gasteiger partial charge in [0.15, 0.2) is 0 Å². The van der Waals surface area contributed by atoms with E-state index in [-0.39, 0.29) is 11.9 Å². The number of amides is 2. The van der Waals surface area contributed by atoms with Crippen LogP contribution in [0.2, 0.25) is 0 Å². The maximum Gasteiger partial charge on any atom is 0.405 e. The van der Waals surface area contributed by atoms with Crippen molar-refractivity contribution in [3.05, 3.63) is 30.0 Å². The van der Waals surface area contributed by atoms with Crippen molar-refractivity contribution in [3.8, 4) is 11.3 Å². The number of fused-ring (bicyclic) bond motifs is 1. The quantitative estimate of drug-likeness (QED) is 0.734. The maximum atomic E-state index is 12.1. The van der Waals surface area contributed by atoms with Crippen LogP contribution in [-0.2, 0) is 11.3 Å². The molecule has 2 amide bonds. The van der Waals surface area contributed by atoms with Crippen LogP contribution in [0.4, 0.5) is 10.5 Å². The van der Waals surface area contributed by atoms with E-state index in [9.17, 15) is 14.7 Å². The molecule has 0 fully saturated rings. The Morgan fingerprint density at radius 1 is 1.41 bits per heavy atom. The summed E-state index contributed by atoms with van der Waals surface area (Å²) >= 11 is 0. The van der Waals surface area contributed by atoms with Gasteiger partial charge in [-0.1, -0.05) is 11.3 Å². The smallest absolute Gasteiger partial charge is 0.405 e. The SMILES string of the molecule is CC(=O)N1c2ccc(-c3cn(CCCN)nn3)cc2[C@H](NC(=O)O)C[C@@H]1C. The molecule has 27 heavy (non-hydrogen) atoms. The van der Waals surface area contributed by atoms with Crippen molar-refractivity contribution in [2.24, 2.45) is 5.73 Å². The second-order valence-electron chi connectivity index (χ2n) is 6.76. The molecule has 2 atom stereocenters. The van der Waals surface area contributed by atoms with Crippen LogP contribution in [0.3, 0.4) is 0 Å². The summed E-state index contributed by atoms with van der Waals surface area (Å²) in [5, 5.41) is 20.1. The topological polar surface area (TPSA) is 126 Å². The number of aromatic nitrogens is 3. The van der Waals surface area contributed by atoms with E-state index in [4.69, 9.17) is 5.73 Å². The van der Waals surface area contributed by atoms with Gasteiger partial charge in [0.1, 0.15) is 5.69 Å². The Kier molecular flexibility index (Phi) is 5.41. The van der Waals surface area contributed by atoms with Crippen LogP contribution in [0.1, 0.15) is 38.3 Å². The second kappa shape index (κ2) is 7.75. The molecule has 0 aliphatic carbocycles. The number of anilines is 1. The van der Waals surface area contributed by atoms with E-state index >= 15 is 0 Å². The highest BCUT2D eigenvalue weighted by molar-refractivity contribution is 5.94. The summed E-state index contributed by atoms with van der Waals surface area (Å²) < 4.78 is 1.73. The van der Waals surface area contributed by atoms with Gasteiger partial charge in [-0.3, -0.25) is 9.48 Å². The number of hydrogen-bond acceptors (Lipinski definition) is 5.